The zero-order chi connectivity index (χ0) is 29.3. The summed E-state index contributed by atoms with van der Waals surface area (Å²) in [5.74, 6) is -5.31. The average Bonchev–Trinajstić information content (AvgIpc) is 3.24. The van der Waals surface area contributed by atoms with Gasteiger partial charge in [-0.2, -0.15) is 26.3 Å². The van der Waals surface area contributed by atoms with Crippen LogP contribution in [0, 0.1) is 5.82 Å². The van der Waals surface area contributed by atoms with Crippen LogP contribution in [-0.2, 0) is 17.9 Å². The zero-order valence-electron chi connectivity index (χ0n) is 20.2. The van der Waals surface area contributed by atoms with E-state index >= 15 is 0 Å². The Bertz CT molecular complexity index is 1470. The minimum absolute atomic E-state index is 0.0139. The summed E-state index contributed by atoms with van der Waals surface area (Å²) in [5, 5.41) is 3.23. The van der Waals surface area contributed by atoms with Gasteiger partial charge in [-0.05, 0) is 51.3 Å². The van der Waals surface area contributed by atoms with Crippen molar-refractivity contribution in [3.63, 3.8) is 0 Å². The normalized spacial score (nSPS) is 13.8. The fraction of sp³-hybridized carbons (Fsp3) is 0.231. The Balaban J connectivity index is 1.97. The summed E-state index contributed by atoms with van der Waals surface area (Å²) >= 11 is 9.94. The van der Waals surface area contributed by atoms with Crippen LogP contribution in [0.15, 0.2) is 70.6 Å². The van der Waals surface area contributed by atoms with E-state index in [-0.39, 0.29) is 31.6 Å². The molecule has 0 bridgehead atoms. The number of ether oxygens (including phenoxy) is 1. The van der Waals surface area contributed by atoms with Crippen LogP contribution in [0.25, 0.3) is 0 Å². The van der Waals surface area contributed by atoms with Gasteiger partial charge in [0.1, 0.15) is 26.6 Å². The van der Waals surface area contributed by atoms with Crippen LogP contribution >= 0.6 is 38.9 Å². The van der Waals surface area contributed by atoms with Gasteiger partial charge in [-0.3, -0.25) is 4.98 Å². The molecule has 0 fully saturated rings. The third kappa shape index (κ3) is 6.69. The first-order chi connectivity index (χ1) is 18.7. The van der Waals surface area contributed by atoms with Crippen LogP contribution in [0.5, 0.6) is 5.75 Å². The van der Waals surface area contributed by atoms with E-state index in [0.717, 1.165) is 23.5 Å². The molecule has 0 aliphatic heterocycles. The summed E-state index contributed by atoms with van der Waals surface area (Å²) in [6.45, 7) is 0.661. The van der Waals surface area contributed by atoms with Crippen molar-refractivity contribution < 1.29 is 35.5 Å². The molecule has 0 aliphatic rings. The smallest absolute Gasteiger partial charge is 0.428 e. The number of nitrogens with one attached hydrogen (secondary N) is 1. The van der Waals surface area contributed by atoms with Gasteiger partial charge in [-0.15, -0.1) is 0 Å². The number of benzene rings is 2. The number of alkyl halides is 6. The van der Waals surface area contributed by atoms with E-state index in [1.807, 2.05) is 0 Å². The largest absolute Gasteiger partial charge is 0.461 e. The second-order valence-corrected chi connectivity index (χ2v) is 11.5. The first-order valence-electron chi connectivity index (χ1n) is 11.3. The predicted octanol–water partition coefficient (Wildman–Crippen LogP) is 9.04. The molecule has 212 valence electrons. The van der Waals surface area contributed by atoms with Crippen molar-refractivity contribution in [3.8, 4) is 5.75 Å². The lowest BCUT2D eigenvalue weighted by molar-refractivity contribution is -0.253. The molecule has 1 N–H and O–H groups in total. The lowest BCUT2D eigenvalue weighted by Crippen LogP contribution is -2.40. The topological polar surface area (TPSA) is 47.0 Å². The van der Waals surface area contributed by atoms with Crippen molar-refractivity contribution >= 4 is 44.0 Å². The minimum Gasteiger partial charge on any atom is -0.428 e. The summed E-state index contributed by atoms with van der Waals surface area (Å²) in [4.78, 5) is 8.37. The van der Waals surface area contributed by atoms with Gasteiger partial charge in [0, 0.05) is 25.6 Å². The van der Waals surface area contributed by atoms with Gasteiger partial charge in [0.05, 0.1) is 10.7 Å². The third-order valence-corrected chi connectivity index (χ3v) is 7.51. The van der Waals surface area contributed by atoms with Gasteiger partial charge in [-0.1, -0.05) is 53.3 Å². The Labute approximate surface area is 241 Å². The number of hydrogen-bond acceptors (Lipinski definition) is 5. The first kappa shape index (κ1) is 30.1. The number of thiazole rings is 1. The molecule has 40 heavy (non-hydrogen) atoms. The van der Waals surface area contributed by atoms with Crippen LogP contribution in [0.3, 0.4) is 0 Å². The Morgan fingerprint density at radius 3 is 2.33 bits per heavy atom. The van der Waals surface area contributed by atoms with Gasteiger partial charge >= 0.3 is 12.5 Å². The highest BCUT2D eigenvalue weighted by molar-refractivity contribution is 9.11. The number of anilines is 1. The molecule has 0 radical (unpaired) electrons. The molecule has 2 aromatic heterocycles. The number of halogens is 9. The molecule has 0 unspecified atom stereocenters. The fourth-order valence-corrected chi connectivity index (χ4v) is 5.79. The van der Waals surface area contributed by atoms with Gasteiger partial charge in [0.15, 0.2) is 5.13 Å². The van der Waals surface area contributed by atoms with Gasteiger partial charge < -0.3 is 10.1 Å². The van der Waals surface area contributed by atoms with Crippen molar-refractivity contribution in [2.24, 2.45) is 0 Å². The molecule has 0 spiro atoms. The zero-order valence-corrected chi connectivity index (χ0v) is 23.4. The lowest BCUT2D eigenvalue weighted by atomic mass is 9.80. The summed E-state index contributed by atoms with van der Waals surface area (Å²) in [6, 6.07) is 14.0. The second kappa shape index (κ2) is 11.5. The molecule has 0 saturated heterocycles. The molecule has 0 aliphatic carbocycles. The van der Waals surface area contributed by atoms with Gasteiger partial charge in [0.2, 0.25) is 0 Å². The summed E-state index contributed by atoms with van der Waals surface area (Å²) in [5.41, 5.74) is -1.55. The summed E-state index contributed by atoms with van der Waals surface area (Å²) in [7, 11) is 0. The number of rotatable bonds is 10. The van der Waals surface area contributed by atoms with E-state index in [1.165, 1.54) is 18.3 Å². The molecule has 4 nitrogen and oxygen atoms in total. The van der Waals surface area contributed by atoms with Crippen molar-refractivity contribution in [1.29, 1.82) is 0 Å². The van der Waals surface area contributed by atoms with E-state index in [2.05, 4.69) is 36.0 Å². The summed E-state index contributed by atoms with van der Waals surface area (Å²) < 4.78 is 101. The second-order valence-electron chi connectivity index (χ2n) is 8.72. The molecule has 4 rings (SSSR count). The minimum atomic E-state index is -4.92. The van der Waals surface area contributed by atoms with E-state index < -0.39 is 41.3 Å². The van der Waals surface area contributed by atoms with E-state index in [0.29, 0.717) is 18.6 Å². The SMILES string of the molecule is CC(F)(F)c1nc(N[C@](Cc2ccccc2)(c2cc(F)cc(OC(F)(F)C(F)F)c2)c2ccc(Cl)cn2)sc1Br. The maximum Gasteiger partial charge on any atom is 0.461 e. The summed E-state index contributed by atoms with van der Waals surface area (Å²) in [6.07, 6.45) is -7.87. The Kier molecular flexibility index (Phi) is 8.67. The van der Waals surface area contributed by atoms with Gasteiger partial charge in [0.25, 0.3) is 5.92 Å². The molecule has 2 aromatic carbocycles. The number of hydrogen-bond donors (Lipinski definition) is 1. The fourth-order valence-electron chi connectivity index (χ4n) is 3.93. The maximum absolute atomic E-state index is 14.9. The Morgan fingerprint density at radius 1 is 1.05 bits per heavy atom. The van der Waals surface area contributed by atoms with Crippen molar-refractivity contribution in [2.45, 2.75) is 37.3 Å². The third-order valence-electron chi connectivity index (χ3n) is 5.67. The Hall–Kier alpha value is -2.90. The quantitative estimate of drug-likeness (QED) is 0.171. The molecule has 2 heterocycles. The van der Waals surface area contributed by atoms with Crippen molar-refractivity contribution in [2.75, 3.05) is 5.32 Å². The van der Waals surface area contributed by atoms with E-state index in [1.54, 1.807) is 30.3 Å². The Morgan fingerprint density at radius 2 is 1.75 bits per heavy atom. The van der Waals surface area contributed by atoms with Crippen LogP contribution in [0.1, 0.15) is 29.4 Å². The van der Waals surface area contributed by atoms with Crippen LogP contribution in [0.4, 0.5) is 35.9 Å². The lowest BCUT2D eigenvalue weighted by Gasteiger charge is -2.35. The average molecular weight is 669 g/mol. The number of aromatic nitrogens is 2. The molecule has 14 heteroatoms. The van der Waals surface area contributed by atoms with E-state index in [9.17, 15) is 30.7 Å². The molecular formula is C26H18BrClF7N3OS. The monoisotopic (exact) mass is 667 g/mol. The van der Waals surface area contributed by atoms with Crippen LogP contribution in [0.2, 0.25) is 5.02 Å². The molecular weight excluding hydrogens is 651 g/mol. The number of pyridine rings is 1. The molecule has 0 saturated carbocycles. The molecule has 1 atom stereocenters. The highest BCUT2D eigenvalue weighted by Gasteiger charge is 2.45. The first-order valence-corrected chi connectivity index (χ1v) is 13.3. The highest BCUT2D eigenvalue weighted by atomic mass is 79.9. The highest BCUT2D eigenvalue weighted by Crippen LogP contribution is 2.43. The standard InChI is InChI=1S/C26H18BrClF7N3OS/c1-24(32,33)20-21(27)40-23(37-20)38-25(12-14-5-3-2-4-6-14,19-8-7-16(28)13-36-19)15-9-17(29)11-18(10-15)39-26(34,35)22(30)31/h2-11,13,22H,12H2,1H3,(H,37,38)/t25-/m1/s1. The van der Waals surface area contributed by atoms with Gasteiger partial charge in [-0.25, -0.2) is 9.37 Å². The molecule has 4 aromatic rings. The predicted molar refractivity (Wildman–Crippen MR) is 141 cm³/mol. The van der Waals surface area contributed by atoms with Crippen LogP contribution in [-0.4, -0.2) is 22.5 Å². The van der Waals surface area contributed by atoms with Crippen LogP contribution < -0.4 is 10.1 Å². The molecule has 0 amide bonds. The maximum atomic E-state index is 14.9. The number of nitrogens with zero attached hydrogens (tertiary/aromatic N) is 2. The van der Waals surface area contributed by atoms with E-state index in [4.69, 9.17) is 11.6 Å². The van der Waals surface area contributed by atoms with Crippen molar-refractivity contribution in [3.05, 3.63) is 104 Å². The van der Waals surface area contributed by atoms with Crippen molar-refractivity contribution in [1.82, 2.24) is 9.97 Å².